The van der Waals surface area contributed by atoms with E-state index in [2.05, 4.69) is 41.6 Å². The maximum absolute atomic E-state index is 12.9. The molecule has 0 radical (unpaired) electrons. The second-order valence-electron chi connectivity index (χ2n) is 6.65. The molecule has 6 nitrogen and oxygen atoms in total. The summed E-state index contributed by atoms with van der Waals surface area (Å²) in [5.41, 5.74) is 1.13. The number of aliphatic imine (C=N–C) groups is 1. The summed E-state index contributed by atoms with van der Waals surface area (Å²) in [6.45, 7) is -0.328. The van der Waals surface area contributed by atoms with Crippen LogP contribution in [0.4, 0.5) is 14.6 Å². The molecule has 4 rings (SSSR count). The number of rotatable bonds is 4. The van der Waals surface area contributed by atoms with Gasteiger partial charge in [0.05, 0.1) is 6.54 Å². The van der Waals surface area contributed by atoms with E-state index in [1.807, 2.05) is 17.3 Å². The zero-order valence-corrected chi connectivity index (χ0v) is 14.6. The van der Waals surface area contributed by atoms with Crippen molar-refractivity contribution >= 4 is 28.1 Å². The monoisotopic (exact) mass is 400 g/mol. The number of fused-ring (bicyclic) bond motifs is 3. The number of halogens is 3. The number of nitrogens with one attached hydrogen (secondary N) is 2. The van der Waals surface area contributed by atoms with Crippen molar-refractivity contribution < 1.29 is 8.78 Å². The van der Waals surface area contributed by atoms with Crippen LogP contribution in [0.15, 0.2) is 27.6 Å². The normalized spacial score (nSPS) is 32.0. The molecule has 1 saturated carbocycles. The summed E-state index contributed by atoms with van der Waals surface area (Å²) in [5.74, 6) is 1.30. The first-order valence-electron chi connectivity index (χ1n) is 8.22. The Balaban J connectivity index is 1.38. The average Bonchev–Trinajstić information content (AvgIpc) is 3.18. The quantitative estimate of drug-likeness (QED) is 0.752. The van der Waals surface area contributed by atoms with Crippen molar-refractivity contribution in [2.45, 2.75) is 48.6 Å². The van der Waals surface area contributed by atoms with Crippen molar-refractivity contribution in [2.75, 3.05) is 6.54 Å². The molecule has 2 N–H and O–H groups in total. The highest BCUT2D eigenvalue weighted by Gasteiger charge is 2.42. The van der Waals surface area contributed by atoms with Gasteiger partial charge >= 0.3 is 4.83 Å². The van der Waals surface area contributed by atoms with Gasteiger partial charge in [0, 0.05) is 17.8 Å². The van der Waals surface area contributed by atoms with Gasteiger partial charge in [-0.1, -0.05) is 5.22 Å². The van der Waals surface area contributed by atoms with E-state index in [0.717, 1.165) is 37.1 Å². The summed E-state index contributed by atoms with van der Waals surface area (Å²) in [4.78, 5) is 4.64. The van der Waals surface area contributed by atoms with Crippen LogP contribution in [0.1, 0.15) is 37.3 Å². The number of hydrogen-bond acceptors (Lipinski definition) is 5. The summed E-state index contributed by atoms with van der Waals surface area (Å²) in [6, 6.07) is 2.39. The molecule has 1 aromatic heterocycles. The van der Waals surface area contributed by atoms with Crippen LogP contribution in [-0.4, -0.2) is 39.8 Å². The lowest BCUT2D eigenvalue weighted by Crippen LogP contribution is -2.41. The van der Waals surface area contributed by atoms with Gasteiger partial charge < -0.3 is 10.3 Å². The van der Waals surface area contributed by atoms with Crippen LogP contribution in [0.25, 0.3) is 0 Å². The van der Waals surface area contributed by atoms with Crippen molar-refractivity contribution in [1.82, 2.24) is 15.3 Å². The number of aromatic nitrogens is 1. The second kappa shape index (κ2) is 6.18. The molecule has 0 amide bonds. The maximum Gasteiger partial charge on any atom is 0.313 e. The Morgan fingerprint density at radius 2 is 2.12 bits per heavy atom. The highest BCUT2D eigenvalue weighted by Crippen LogP contribution is 2.44. The molecule has 1 aliphatic carbocycles. The molecule has 3 heterocycles. The molecule has 2 unspecified atom stereocenters. The Labute approximate surface area is 146 Å². The van der Waals surface area contributed by atoms with Crippen molar-refractivity contribution in [3.05, 3.63) is 17.8 Å². The summed E-state index contributed by atoms with van der Waals surface area (Å²) in [7, 11) is 0. The fourth-order valence-corrected chi connectivity index (χ4v) is 4.09. The smallest absolute Gasteiger partial charge is 0.313 e. The molecule has 0 aromatic carbocycles. The Kier molecular flexibility index (Phi) is 4.16. The molecule has 2 atom stereocenters. The van der Waals surface area contributed by atoms with Crippen LogP contribution in [0, 0.1) is 5.92 Å². The summed E-state index contributed by atoms with van der Waals surface area (Å²) < 4.78 is 25.8. The van der Waals surface area contributed by atoms with E-state index in [1.165, 1.54) is 0 Å². The zero-order valence-electron chi connectivity index (χ0n) is 13.0. The number of alkyl halides is 3. The van der Waals surface area contributed by atoms with Gasteiger partial charge in [0.15, 0.2) is 0 Å². The lowest BCUT2D eigenvalue weighted by molar-refractivity contribution is 0.104. The van der Waals surface area contributed by atoms with Gasteiger partial charge in [-0.2, -0.15) is 13.9 Å². The first kappa shape index (κ1) is 16.1. The number of hydrogen-bond donors (Lipinski definition) is 2. The van der Waals surface area contributed by atoms with Crippen LogP contribution in [-0.2, 0) is 0 Å². The molecule has 0 bridgehead atoms. The highest BCUT2D eigenvalue weighted by atomic mass is 79.9. The maximum atomic E-state index is 12.9. The molecule has 9 heteroatoms. The van der Waals surface area contributed by atoms with E-state index in [9.17, 15) is 8.78 Å². The van der Waals surface area contributed by atoms with Crippen LogP contribution in [0.3, 0.4) is 0 Å². The van der Waals surface area contributed by atoms with E-state index in [1.54, 1.807) is 6.34 Å². The highest BCUT2D eigenvalue weighted by molar-refractivity contribution is 9.10. The zero-order chi connectivity index (χ0) is 16.7. The first-order chi connectivity index (χ1) is 11.5. The van der Waals surface area contributed by atoms with Gasteiger partial charge in [0.25, 0.3) is 0 Å². The molecule has 1 fully saturated rings. The summed E-state index contributed by atoms with van der Waals surface area (Å²) in [6.07, 6.45) is 7.33. The standard InChI is InChI=1S/C15H19BrF2N6/c16-15(17,18)7-20-10-3-1-9(2-4-10)12-13-11-5-6-19-14(11)21-8-24(13)23-22-12/h5-6,8-10,12-13,19-20H,1-4,7H2. The van der Waals surface area contributed by atoms with E-state index in [-0.39, 0.29) is 24.7 Å². The lowest BCUT2D eigenvalue weighted by Gasteiger charge is -2.35. The molecular weight excluding hydrogens is 382 g/mol. The Morgan fingerprint density at radius 3 is 2.88 bits per heavy atom. The molecule has 3 aliphatic rings. The van der Waals surface area contributed by atoms with Crippen molar-refractivity contribution in [2.24, 2.45) is 21.2 Å². The van der Waals surface area contributed by atoms with Gasteiger partial charge in [0.2, 0.25) is 0 Å². The Hall–Kier alpha value is -1.35. The van der Waals surface area contributed by atoms with Crippen LogP contribution in [0.5, 0.6) is 0 Å². The summed E-state index contributed by atoms with van der Waals surface area (Å²) >= 11 is 2.38. The van der Waals surface area contributed by atoms with Gasteiger partial charge in [-0.25, -0.2) is 10.0 Å². The molecule has 1 aromatic rings. The van der Waals surface area contributed by atoms with E-state index in [0.29, 0.717) is 5.92 Å². The minimum absolute atomic E-state index is 0.102. The third kappa shape index (κ3) is 3.11. The third-order valence-corrected chi connectivity index (χ3v) is 5.40. The third-order valence-electron chi connectivity index (χ3n) is 5.12. The van der Waals surface area contributed by atoms with Gasteiger partial charge in [-0.05, 0) is 53.6 Å². The van der Waals surface area contributed by atoms with Crippen molar-refractivity contribution in [3.63, 3.8) is 0 Å². The number of nitrogens with zero attached hydrogens (tertiary/aromatic N) is 4. The number of aromatic amines is 1. The molecule has 130 valence electrons. The van der Waals surface area contributed by atoms with E-state index < -0.39 is 4.83 Å². The fraction of sp³-hybridized carbons (Fsp3) is 0.667. The molecule has 0 saturated heterocycles. The Morgan fingerprint density at radius 1 is 1.33 bits per heavy atom. The van der Waals surface area contributed by atoms with Crippen molar-refractivity contribution in [3.8, 4) is 0 Å². The lowest BCUT2D eigenvalue weighted by atomic mass is 9.78. The SMILES string of the molecule is FC(F)(Br)CNC1CCC(C2N=NN3C=Nc4[nH]ccc4C23)CC1. The molecular formula is C15H19BrF2N6. The number of H-pyrrole nitrogens is 1. The van der Waals surface area contributed by atoms with E-state index in [4.69, 9.17) is 0 Å². The second-order valence-corrected chi connectivity index (χ2v) is 7.81. The van der Waals surface area contributed by atoms with Crippen LogP contribution < -0.4 is 5.32 Å². The van der Waals surface area contributed by atoms with E-state index >= 15 is 0 Å². The minimum Gasteiger partial charge on any atom is -0.346 e. The van der Waals surface area contributed by atoms with Crippen molar-refractivity contribution in [1.29, 1.82) is 0 Å². The predicted molar refractivity (Wildman–Crippen MR) is 89.8 cm³/mol. The Bertz CT molecular complexity index is 647. The minimum atomic E-state index is -2.84. The van der Waals surface area contributed by atoms with Crippen LogP contribution in [0.2, 0.25) is 0 Å². The largest absolute Gasteiger partial charge is 0.346 e. The topological polar surface area (TPSA) is 68.1 Å². The summed E-state index contributed by atoms with van der Waals surface area (Å²) in [5, 5.41) is 13.5. The fourth-order valence-electron chi connectivity index (χ4n) is 3.93. The molecule has 24 heavy (non-hydrogen) atoms. The van der Waals surface area contributed by atoms with Gasteiger partial charge in [0.1, 0.15) is 24.2 Å². The first-order valence-corrected chi connectivity index (χ1v) is 9.01. The molecule has 0 spiro atoms. The van der Waals surface area contributed by atoms with Gasteiger partial charge in [-0.3, -0.25) is 0 Å². The molecule has 2 aliphatic heterocycles. The predicted octanol–water partition coefficient (Wildman–Crippen LogP) is 3.92. The van der Waals surface area contributed by atoms with Gasteiger partial charge in [-0.15, -0.1) is 0 Å². The average molecular weight is 401 g/mol. The van der Waals surface area contributed by atoms with Crippen LogP contribution >= 0.6 is 15.9 Å².